The van der Waals surface area contributed by atoms with Crippen molar-refractivity contribution in [2.45, 2.75) is 38.0 Å². The van der Waals surface area contributed by atoms with Crippen molar-refractivity contribution in [3.63, 3.8) is 0 Å². The zero-order valence-electron chi connectivity index (χ0n) is 12.1. The summed E-state index contributed by atoms with van der Waals surface area (Å²) in [5, 5.41) is 19.0. The van der Waals surface area contributed by atoms with Gasteiger partial charge in [0.15, 0.2) is 0 Å². The molecule has 7 heteroatoms. The van der Waals surface area contributed by atoms with E-state index in [2.05, 4.69) is 0 Å². The summed E-state index contributed by atoms with van der Waals surface area (Å²) >= 11 is 0. The Bertz CT molecular complexity index is 736. The smallest absolute Gasteiger partial charge is 0.388 e. The van der Waals surface area contributed by atoms with E-state index >= 15 is 0 Å². The monoisotopic (exact) mass is 326 g/mol. The molecule has 1 N–H and O–H groups in total. The maximum atomic E-state index is 13.5. The van der Waals surface area contributed by atoms with E-state index in [1.165, 1.54) is 10.6 Å². The fourth-order valence-electron chi connectivity index (χ4n) is 3.23. The van der Waals surface area contributed by atoms with E-state index < -0.39 is 29.6 Å². The van der Waals surface area contributed by atoms with Crippen LogP contribution < -0.4 is 0 Å². The SMILES string of the molecule is N#CC1CC(n2cc(C(F)(F)F)c3c2CCCC3O)=CC=C1F. The minimum absolute atomic E-state index is 0.00729. The number of nitrogens with zero attached hydrogens (tertiary/aromatic N) is 2. The third kappa shape index (κ3) is 2.68. The first kappa shape index (κ1) is 15.8. The van der Waals surface area contributed by atoms with E-state index in [0.717, 1.165) is 12.3 Å². The molecule has 1 aromatic rings. The predicted octanol–water partition coefficient (Wildman–Crippen LogP) is 4.11. The number of hydrogen-bond acceptors (Lipinski definition) is 2. The van der Waals surface area contributed by atoms with Crippen LogP contribution in [-0.4, -0.2) is 9.67 Å². The molecule has 1 heterocycles. The van der Waals surface area contributed by atoms with Gasteiger partial charge in [0, 0.05) is 29.6 Å². The van der Waals surface area contributed by atoms with Crippen LogP contribution in [0.15, 0.2) is 24.2 Å². The largest absolute Gasteiger partial charge is 0.418 e. The summed E-state index contributed by atoms with van der Waals surface area (Å²) in [4.78, 5) is 0. The maximum absolute atomic E-state index is 13.5. The Hall–Kier alpha value is -2.07. The lowest BCUT2D eigenvalue weighted by Crippen LogP contribution is -2.16. The van der Waals surface area contributed by atoms with Crippen molar-refractivity contribution in [3.05, 3.63) is 41.0 Å². The molecule has 3 rings (SSSR count). The third-order valence-electron chi connectivity index (χ3n) is 4.33. The molecule has 0 saturated carbocycles. The summed E-state index contributed by atoms with van der Waals surface area (Å²) < 4.78 is 54.7. The average molecular weight is 326 g/mol. The summed E-state index contributed by atoms with van der Waals surface area (Å²) in [7, 11) is 0. The summed E-state index contributed by atoms with van der Waals surface area (Å²) in [6, 6.07) is 1.81. The van der Waals surface area contributed by atoms with Crippen LogP contribution in [0.4, 0.5) is 17.6 Å². The van der Waals surface area contributed by atoms with Gasteiger partial charge in [-0.2, -0.15) is 18.4 Å². The lowest BCUT2D eigenvalue weighted by molar-refractivity contribution is -0.139. The van der Waals surface area contributed by atoms with E-state index in [-0.39, 0.29) is 18.4 Å². The molecule has 2 aliphatic rings. The summed E-state index contributed by atoms with van der Waals surface area (Å²) in [6.45, 7) is 0. The van der Waals surface area contributed by atoms with Crippen molar-refractivity contribution in [3.8, 4) is 6.07 Å². The van der Waals surface area contributed by atoms with Crippen LogP contribution in [0, 0.1) is 17.2 Å². The van der Waals surface area contributed by atoms with E-state index in [4.69, 9.17) is 5.26 Å². The second-order valence-corrected chi connectivity index (χ2v) is 5.77. The van der Waals surface area contributed by atoms with Crippen LogP contribution in [0.5, 0.6) is 0 Å². The molecular formula is C16H14F4N2O. The molecule has 0 amide bonds. The lowest BCUT2D eigenvalue weighted by atomic mass is 9.91. The van der Waals surface area contributed by atoms with Crippen LogP contribution >= 0.6 is 0 Å². The quantitative estimate of drug-likeness (QED) is 0.790. The zero-order chi connectivity index (χ0) is 16.8. The second-order valence-electron chi connectivity index (χ2n) is 5.77. The number of aliphatic hydroxyl groups is 1. The van der Waals surface area contributed by atoms with Crippen molar-refractivity contribution in [1.82, 2.24) is 4.57 Å². The Morgan fingerprint density at radius 3 is 2.70 bits per heavy atom. The first-order chi connectivity index (χ1) is 10.8. The Morgan fingerprint density at radius 1 is 1.30 bits per heavy atom. The highest BCUT2D eigenvalue weighted by Gasteiger charge is 2.40. The van der Waals surface area contributed by atoms with Crippen LogP contribution in [0.2, 0.25) is 0 Å². The van der Waals surface area contributed by atoms with Gasteiger partial charge in [-0.3, -0.25) is 0 Å². The van der Waals surface area contributed by atoms with E-state index in [1.807, 2.05) is 6.07 Å². The van der Waals surface area contributed by atoms with Crippen LogP contribution in [0.25, 0.3) is 5.70 Å². The topological polar surface area (TPSA) is 49.0 Å². The van der Waals surface area contributed by atoms with Crippen LogP contribution in [0.3, 0.4) is 0 Å². The predicted molar refractivity (Wildman–Crippen MR) is 74.5 cm³/mol. The highest BCUT2D eigenvalue weighted by Crippen LogP contribution is 2.43. The molecule has 0 fully saturated rings. The maximum Gasteiger partial charge on any atom is 0.418 e. The molecular weight excluding hydrogens is 312 g/mol. The van der Waals surface area contributed by atoms with Crippen molar-refractivity contribution in [2.75, 3.05) is 0 Å². The molecule has 2 aliphatic carbocycles. The minimum Gasteiger partial charge on any atom is -0.388 e. The first-order valence-electron chi connectivity index (χ1n) is 7.28. The highest BCUT2D eigenvalue weighted by molar-refractivity contribution is 5.57. The van der Waals surface area contributed by atoms with Gasteiger partial charge in [0.05, 0.1) is 17.7 Å². The van der Waals surface area contributed by atoms with Crippen molar-refractivity contribution in [2.24, 2.45) is 5.92 Å². The van der Waals surface area contributed by atoms with Crippen molar-refractivity contribution in [1.29, 1.82) is 5.26 Å². The van der Waals surface area contributed by atoms with Gasteiger partial charge < -0.3 is 9.67 Å². The number of allylic oxidation sites excluding steroid dienone is 4. The van der Waals surface area contributed by atoms with Gasteiger partial charge in [-0.25, -0.2) is 4.39 Å². The summed E-state index contributed by atoms with van der Waals surface area (Å²) in [5.74, 6) is -1.58. The molecule has 0 aromatic carbocycles. The fourth-order valence-corrected chi connectivity index (χ4v) is 3.23. The third-order valence-corrected chi connectivity index (χ3v) is 4.33. The number of aliphatic hydroxyl groups excluding tert-OH is 1. The number of nitriles is 1. The fraction of sp³-hybridized carbons (Fsp3) is 0.438. The molecule has 0 spiro atoms. The molecule has 0 aliphatic heterocycles. The molecule has 0 bridgehead atoms. The number of rotatable bonds is 1. The van der Waals surface area contributed by atoms with Gasteiger partial charge in [0.25, 0.3) is 0 Å². The van der Waals surface area contributed by atoms with Crippen molar-refractivity contribution >= 4 is 5.70 Å². The minimum atomic E-state index is -4.57. The van der Waals surface area contributed by atoms with E-state index in [1.54, 1.807) is 0 Å². The van der Waals surface area contributed by atoms with Gasteiger partial charge in [0.2, 0.25) is 0 Å². The Kier molecular flexibility index (Phi) is 3.80. The number of aromatic nitrogens is 1. The van der Waals surface area contributed by atoms with Gasteiger partial charge in [-0.15, -0.1) is 0 Å². The van der Waals surface area contributed by atoms with E-state index in [9.17, 15) is 22.7 Å². The van der Waals surface area contributed by atoms with E-state index in [0.29, 0.717) is 24.2 Å². The molecule has 2 atom stereocenters. The first-order valence-corrected chi connectivity index (χ1v) is 7.28. The molecule has 0 saturated heterocycles. The molecule has 0 radical (unpaired) electrons. The summed E-state index contributed by atoms with van der Waals surface area (Å²) in [5.41, 5.74) is -0.120. The number of alkyl halides is 3. The Balaban J connectivity index is 2.13. The second kappa shape index (κ2) is 5.53. The van der Waals surface area contributed by atoms with Gasteiger partial charge in [0.1, 0.15) is 11.7 Å². The molecule has 3 nitrogen and oxygen atoms in total. The number of fused-ring (bicyclic) bond motifs is 1. The molecule has 1 aromatic heterocycles. The Labute approximate surface area is 130 Å². The average Bonchev–Trinajstić information content (AvgIpc) is 2.89. The molecule has 2 unspecified atom stereocenters. The van der Waals surface area contributed by atoms with Gasteiger partial charge in [-0.1, -0.05) is 0 Å². The van der Waals surface area contributed by atoms with Crippen LogP contribution in [-0.2, 0) is 12.6 Å². The number of hydrogen-bond donors (Lipinski definition) is 1. The molecule has 23 heavy (non-hydrogen) atoms. The number of halogens is 4. The standard InChI is InChI=1S/C16H14F4N2O/c17-12-5-4-10(6-9(12)7-21)22-8-11(16(18,19)20)15-13(22)2-1-3-14(15)23/h4-5,8-9,14,23H,1-3,6H2. The normalized spacial score (nSPS) is 24.5. The van der Waals surface area contributed by atoms with Gasteiger partial charge in [-0.05, 0) is 31.4 Å². The zero-order valence-corrected chi connectivity index (χ0v) is 12.1. The van der Waals surface area contributed by atoms with Crippen molar-refractivity contribution < 1.29 is 22.7 Å². The summed E-state index contributed by atoms with van der Waals surface area (Å²) in [6.07, 6.45) is -0.981. The lowest BCUT2D eigenvalue weighted by Gasteiger charge is -2.23. The van der Waals surface area contributed by atoms with Gasteiger partial charge >= 0.3 is 6.18 Å². The highest BCUT2D eigenvalue weighted by atomic mass is 19.4. The molecule has 122 valence electrons. The van der Waals surface area contributed by atoms with Crippen LogP contribution in [0.1, 0.15) is 42.2 Å². The Morgan fingerprint density at radius 2 is 2.04 bits per heavy atom.